The Morgan fingerprint density at radius 2 is 1.70 bits per heavy atom. The fourth-order valence-electron chi connectivity index (χ4n) is 2.34. The van der Waals surface area contributed by atoms with Crippen LogP contribution in [-0.4, -0.2) is 29.3 Å². The van der Waals surface area contributed by atoms with Crippen LogP contribution in [0.1, 0.15) is 48.0 Å². The SMILES string of the molecule is CC(=O)Nc1cccc(NC(=O)c2ccnc(C(=O)NCCC(C)C)c2)c1. The van der Waals surface area contributed by atoms with Gasteiger partial charge < -0.3 is 16.0 Å². The Hall–Kier alpha value is -3.22. The molecule has 0 spiro atoms. The van der Waals surface area contributed by atoms with Gasteiger partial charge in [-0.3, -0.25) is 19.4 Å². The Morgan fingerprint density at radius 3 is 2.37 bits per heavy atom. The highest BCUT2D eigenvalue weighted by Gasteiger charge is 2.12. The van der Waals surface area contributed by atoms with E-state index in [4.69, 9.17) is 0 Å². The summed E-state index contributed by atoms with van der Waals surface area (Å²) in [5, 5.41) is 8.20. The van der Waals surface area contributed by atoms with Crippen molar-refractivity contribution in [2.24, 2.45) is 5.92 Å². The first kappa shape index (κ1) is 20.1. The van der Waals surface area contributed by atoms with E-state index in [0.29, 0.717) is 29.4 Å². The molecule has 0 aliphatic carbocycles. The summed E-state index contributed by atoms with van der Waals surface area (Å²) in [7, 11) is 0. The number of nitrogens with one attached hydrogen (secondary N) is 3. The number of rotatable bonds is 7. The molecule has 0 fully saturated rings. The second-order valence-corrected chi connectivity index (χ2v) is 6.58. The summed E-state index contributed by atoms with van der Waals surface area (Å²) < 4.78 is 0. The van der Waals surface area contributed by atoms with Crippen molar-refractivity contribution in [2.45, 2.75) is 27.2 Å². The van der Waals surface area contributed by atoms with Gasteiger partial charge in [-0.15, -0.1) is 0 Å². The molecule has 0 radical (unpaired) electrons. The van der Waals surface area contributed by atoms with Crippen LogP contribution in [0.25, 0.3) is 0 Å². The van der Waals surface area contributed by atoms with Gasteiger partial charge in [-0.05, 0) is 42.7 Å². The van der Waals surface area contributed by atoms with E-state index in [0.717, 1.165) is 6.42 Å². The van der Waals surface area contributed by atoms with Crippen LogP contribution in [0, 0.1) is 5.92 Å². The molecule has 1 aromatic carbocycles. The van der Waals surface area contributed by atoms with Crippen LogP contribution >= 0.6 is 0 Å². The molecule has 0 bridgehead atoms. The molecule has 0 atom stereocenters. The minimum Gasteiger partial charge on any atom is -0.351 e. The van der Waals surface area contributed by atoms with Gasteiger partial charge in [0.25, 0.3) is 11.8 Å². The average Bonchev–Trinajstić information content (AvgIpc) is 2.61. The van der Waals surface area contributed by atoms with E-state index >= 15 is 0 Å². The highest BCUT2D eigenvalue weighted by molar-refractivity contribution is 6.06. The fourth-order valence-corrected chi connectivity index (χ4v) is 2.34. The van der Waals surface area contributed by atoms with Gasteiger partial charge in [0, 0.05) is 36.6 Å². The first-order chi connectivity index (χ1) is 12.8. The Morgan fingerprint density at radius 1 is 1.00 bits per heavy atom. The minimum absolute atomic E-state index is 0.193. The third-order valence-electron chi connectivity index (χ3n) is 3.70. The van der Waals surface area contributed by atoms with E-state index in [1.165, 1.54) is 25.3 Å². The first-order valence-electron chi connectivity index (χ1n) is 8.78. The second-order valence-electron chi connectivity index (χ2n) is 6.58. The highest BCUT2D eigenvalue weighted by Crippen LogP contribution is 2.16. The van der Waals surface area contributed by atoms with Crippen LogP contribution in [-0.2, 0) is 4.79 Å². The molecule has 0 saturated carbocycles. The molecule has 0 saturated heterocycles. The van der Waals surface area contributed by atoms with Gasteiger partial charge >= 0.3 is 0 Å². The molecule has 3 amide bonds. The van der Waals surface area contributed by atoms with Crippen LogP contribution < -0.4 is 16.0 Å². The lowest BCUT2D eigenvalue weighted by Crippen LogP contribution is -2.26. The summed E-state index contributed by atoms with van der Waals surface area (Å²) in [6.07, 6.45) is 2.30. The van der Waals surface area contributed by atoms with Crippen LogP contribution in [0.15, 0.2) is 42.6 Å². The summed E-state index contributed by atoms with van der Waals surface area (Å²) in [6, 6.07) is 9.81. The lowest BCUT2D eigenvalue weighted by molar-refractivity contribution is -0.114. The van der Waals surface area contributed by atoms with E-state index in [9.17, 15) is 14.4 Å². The van der Waals surface area contributed by atoms with Crippen molar-refractivity contribution in [1.82, 2.24) is 10.3 Å². The molecule has 3 N–H and O–H groups in total. The smallest absolute Gasteiger partial charge is 0.269 e. The number of amides is 3. The molecule has 0 aliphatic heterocycles. The summed E-state index contributed by atoms with van der Waals surface area (Å²) in [4.78, 5) is 39.8. The third-order valence-corrected chi connectivity index (χ3v) is 3.70. The first-order valence-corrected chi connectivity index (χ1v) is 8.78. The lowest BCUT2D eigenvalue weighted by atomic mass is 10.1. The number of carbonyl (C=O) groups excluding carboxylic acids is 3. The molecular formula is C20H24N4O3. The molecule has 1 aromatic heterocycles. The topological polar surface area (TPSA) is 100 Å². The predicted molar refractivity (Wildman–Crippen MR) is 105 cm³/mol. The van der Waals surface area contributed by atoms with Gasteiger partial charge in [-0.25, -0.2) is 0 Å². The van der Waals surface area contributed by atoms with E-state index < -0.39 is 0 Å². The van der Waals surface area contributed by atoms with Crippen molar-refractivity contribution in [3.05, 3.63) is 53.9 Å². The number of anilines is 2. The third kappa shape index (κ3) is 6.54. The van der Waals surface area contributed by atoms with Gasteiger partial charge in [0.15, 0.2) is 0 Å². The van der Waals surface area contributed by atoms with E-state index in [-0.39, 0.29) is 23.4 Å². The van der Waals surface area contributed by atoms with Crippen molar-refractivity contribution in [3.8, 4) is 0 Å². The van der Waals surface area contributed by atoms with Crippen LogP contribution in [0.2, 0.25) is 0 Å². The molecule has 1 heterocycles. The Bertz CT molecular complexity index is 833. The van der Waals surface area contributed by atoms with E-state index in [2.05, 4.69) is 34.8 Å². The molecule has 0 aliphatic rings. The molecule has 27 heavy (non-hydrogen) atoms. The van der Waals surface area contributed by atoms with E-state index in [1.807, 2.05) is 0 Å². The van der Waals surface area contributed by atoms with Crippen molar-refractivity contribution in [3.63, 3.8) is 0 Å². The maximum atomic E-state index is 12.5. The Balaban J connectivity index is 2.04. The number of aromatic nitrogens is 1. The van der Waals surface area contributed by atoms with Crippen molar-refractivity contribution < 1.29 is 14.4 Å². The highest BCUT2D eigenvalue weighted by atomic mass is 16.2. The zero-order valence-corrected chi connectivity index (χ0v) is 15.7. The molecular weight excluding hydrogens is 344 g/mol. The standard InChI is InChI=1S/C20H24N4O3/c1-13(2)7-9-22-20(27)18-11-15(8-10-21-18)19(26)24-17-6-4-5-16(12-17)23-14(3)25/h4-6,8,10-13H,7,9H2,1-3H3,(H,22,27)(H,23,25)(H,24,26). The maximum absolute atomic E-state index is 12.5. The zero-order chi connectivity index (χ0) is 19.8. The van der Waals surface area contributed by atoms with Crippen LogP contribution in [0.5, 0.6) is 0 Å². The maximum Gasteiger partial charge on any atom is 0.269 e. The molecule has 142 valence electrons. The quantitative estimate of drug-likeness (QED) is 0.699. The van der Waals surface area contributed by atoms with Gasteiger partial charge in [0.2, 0.25) is 5.91 Å². The molecule has 7 nitrogen and oxygen atoms in total. The second kappa shape index (κ2) is 9.47. The lowest BCUT2D eigenvalue weighted by Gasteiger charge is -2.09. The number of nitrogens with zero attached hydrogens (tertiary/aromatic N) is 1. The number of hydrogen-bond acceptors (Lipinski definition) is 4. The molecule has 2 aromatic rings. The van der Waals surface area contributed by atoms with Gasteiger partial charge in [0.1, 0.15) is 5.69 Å². The average molecular weight is 368 g/mol. The number of hydrogen-bond donors (Lipinski definition) is 3. The predicted octanol–water partition coefficient (Wildman–Crippen LogP) is 3.07. The monoisotopic (exact) mass is 368 g/mol. The molecule has 2 rings (SSSR count). The number of benzene rings is 1. The van der Waals surface area contributed by atoms with Crippen molar-refractivity contribution >= 4 is 29.1 Å². The van der Waals surface area contributed by atoms with Crippen LogP contribution in [0.4, 0.5) is 11.4 Å². The largest absolute Gasteiger partial charge is 0.351 e. The van der Waals surface area contributed by atoms with Crippen LogP contribution in [0.3, 0.4) is 0 Å². The summed E-state index contributed by atoms with van der Waals surface area (Å²) in [5.41, 5.74) is 1.63. The van der Waals surface area contributed by atoms with Gasteiger partial charge in [-0.2, -0.15) is 0 Å². The molecule has 7 heteroatoms. The van der Waals surface area contributed by atoms with E-state index in [1.54, 1.807) is 24.3 Å². The summed E-state index contributed by atoms with van der Waals surface area (Å²) in [5.74, 6) is -0.379. The Labute approximate surface area is 158 Å². The van der Waals surface area contributed by atoms with Crippen molar-refractivity contribution in [1.29, 1.82) is 0 Å². The summed E-state index contributed by atoms with van der Waals surface area (Å²) >= 11 is 0. The minimum atomic E-state index is -0.367. The molecule has 0 unspecified atom stereocenters. The number of carbonyl (C=O) groups is 3. The normalized spacial score (nSPS) is 10.4. The van der Waals surface area contributed by atoms with Crippen molar-refractivity contribution in [2.75, 3.05) is 17.2 Å². The summed E-state index contributed by atoms with van der Waals surface area (Å²) in [6.45, 7) is 6.13. The fraction of sp³-hybridized carbons (Fsp3) is 0.300. The zero-order valence-electron chi connectivity index (χ0n) is 15.7. The van der Waals surface area contributed by atoms with Gasteiger partial charge in [0.05, 0.1) is 0 Å². The Kier molecular flexibility index (Phi) is 7.05. The van der Waals surface area contributed by atoms with Gasteiger partial charge in [-0.1, -0.05) is 19.9 Å². The number of pyridine rings is 1.